The maximum Gasteiger partial charge on any atom is 0.311 e. The van der Waals surface area contributed by atoms with Crippen molar-refractivity contribution in [1.29, 1.82) is 0 Å². The van der Waals surface area contributed by atoms with Crippen molar-refractivity contribution in [3.05, 3.63) is 12.2 Å². The number of rotatable bonds is 4. The van der Waals surface area contributed by atoms with Crippen molar-refractivity contribution in [2.45, 2.75) is 38.5 Å². The minimum Gasteiger partial charge on any atom is -0.481 e. The van der Waals surface area contributed by atoms with Gasteiger partial charge < -0.3 is 10.4 Å². The summed E-state index contributed by atoms with van der Waals surface area (Å²) < 4.78 is 0. The summed E-state index contributed by atoms with van der Waals surface area (Å²) in [4.78, 5) is 27.0. The van der Waals surface area contributed by atoms with Crippen LogP contribution in [0.4, 0.5) is 0 Å². The average molecular weight is 266 g/mol. The third-order valence-corrected chi connectivity index (χ3v) is 3.73. The Balaban J connectivity index is 2.00. The van der Waals surface area contributed by atoms with Gasteiger partial charge >= 0.3 is 5.97 Å². The molecule has 0 aromatic carbocycles. The number of carboxylic acid groups (broad SMARTS) is 1. The fraction of sp³-hybridized carbons (Fsp3) is 0.667. The Labute approximate surface area is 110 Å². The van der Waals surface area contributed by atoms with E-state index < -0.39 is 17.3 Å². The molecular formula is C12H18N4O3. The van der Waals surface area contributed by atoms with E-state index in [0.717, 1.165) is 25.7 Å². The highest BCUT2D eigenvalue weighted by molar-refractivity contribution is 5.90. The maximum atomic E-state index is 11.8. The number of aromatic nitrogens is 3. The van der Waals surface area contributed by atoms with E-state index in [9.17, 15) is 14.7 Å². The second-order valence-corrected chi connectivity index (χ2v) is 5.02. The van der Waals surface area contributed by atoms with Crippen LogP contribution in [0.5, 0.6) is 0 Å². The molecule has 1 saturated carbocycles. The van der Waals surface area contributed by atoms with E-state index in [4.69, 9.17) is 0 Å². The number of hydrogen-bond acceptors (Lipinski definition) is 4. The van der Waals surface area contributed by atoms with Gasteiger partial charge in [-0.2, -0.15) is 5.10 Å². The summed E-state index contributed by atoms with van der Waals surface area (Å²) in [6.45, 7) is 0.141. The number of aliphatic carboxylic acids is 1. The van der Waals surface area contributed by atoms with Crippen LogP contribution in [0.2, 0.25) is 0 Å². The molecule has 0 bridgehead atoms. The zero-order valence-corrected chi connectivity index (χ0v) is 10.7. The fourth-order valence-electron chi connectivity index (χ4n) is 2.52. The van der Waals surface area contributed by atoms with Crippen molar-refractivity contribution in [3.8, 4) is 0 Å². The summed E-state index contributed by atoms with van der Waals surface area (Å²) >= 11 is 0. The van der Waals surface area contributed by atoms with E-state index in [1.807, 2.05) is 0 Å². The van der Waals surface area contributed by atoms with Crippen LogP contribution >= 0.6 is 0 Å². The Morgan fingerprint density at radius 1 is 1.32 bits per heavy atom. The monoisotopic (exact) mass is 266 g/mol. The molecule has 2 rings (SSSR count). The van der Waals surface area contributed by atoms with E-state index >= 15 is 0 Å². The van der Waals surface area contributed by atoms with Crippen molar-refractivity contribution in [3.63, 3.8) is 0 Å². The second-order valence-electron chi connectivity index (χ2n) is 5.02. The standard InChI is InChI=1S/C12H18N4O3/c17-10(9-14-8-15-16-9)13-7-12(11(18)19)5-3-1-2-4-6-12/h8H,1-7H2,(H,13,17)(H,18,19)(H,14,15,16). The molecule has 1 fully saturated rings. The lowest BCUT2D eigenvalue weighted by molar-refractivity contribution is -0.149. The topological polar surface area (TPSA) is 108 Å². The molecular weight excluding hydrogens is 248 g/mol. The number of H-pyrrole nitrogens is 1. The third kappa shape index (κ3) is 3.10. The van der Waals surface area contributed by atoms with Gasteiger partial charge in [-0.15, -0.1) is 0 Å². The highest BCUT2D eigenvalue weighted by Gasteiger charge is 2.39. The second kappa shape index (κ2) is 5.81. The summed E-state index contributed by atoms with van der Waals surface area (Å²) in [5, 5.41) is 18.2. The van der Waals surface area contributed by atoms with Crippen LogP contribution in [0.3, 0.4) is 0 Å². The lowest BCUT2D eigenvalue weighted by Crippen LogP contribution is -2.43. The van der Waals surface area contributed by atoms with Gasteiger partial charge in [0.15, 0.2) is 0 Å². The number of aromatic amines is 1. The molecule has 1 amide bonds. The van der Waals surface area contributed by atoms with Gasteiger partial charge in [-0.1, -0.05) is 25.7 Å². The van der Waals surface area contributed by atoms with E-state index in [0.29, 0.717) is 12.8 Å². The van der Waals surface area contributed by atoms with Crippen molar-refractivity contribution < 1.29 is 14.7 Å². The van der Waals surface area contributed by atoms with Crippen LogP contribution in [0.15, 0.2) is 6.33 Å². The Morgan fingerprint density at radius 3 is 2.53 bits per heavy atom. The molecule has 1 aromatic rings. The van der Waals surface area contributed by atoms with Crippen LogP contribution in [0, 0.1) is 5.41 Å². The predicted molar refractivity (Wildman–Crippen MR) is 66.5 cm³/mol. The molecule has 0 aliphatic heterocycles. The summed E-state index contributed by atoms with van der Waals surface area (Å²) in [5.41, 5.74) is -0.841. The molecule has 104 valence electrons. The SMILES string of the molecule is O=C(NCC1(C(=O)O)CCCCCC1)c1ncn[nH]1. The quantitative estimate of drug-likeness (QED) is 0.703. The van der Waals surface area contributed by atoms with E-state index in [-0.39, 0.29) is 12.4 Å². The van der Waals surface area contributed by atoms with Gasteiger partial charge in [-0.3, -0.25) is 14.7 Å². The summed E-state index contributed by atoms with van der Waals surface area (Å²) in [5.74, 6) is -1.14. The lowest BCUT2D eigenvalue weighted by Gasteiger charge is -2.27. The lowest BCUT2D eigenvalue weighted by atomic mass is 9.80. The Bertz CT molecular complexity index is 436. The average Bonchev–Trinajstić information content (AvgIpc) is 2.82. The largest absolute Gasteiger partial charge is 0.481 e. The number of carboxylic acids is 1. The zero-order chi connectivity index (χ0) is 13.7. The van der Waals surface area contributed by atoms with Gasteiger partial charge in [0.05, 0.1) is 5.41 Å². The number of nitrogens with one attached hydrogen (secondary N) is 2. The highest BCUT2D eigenvalue weighted by Crippen LogP contribution is 2.34. The molecule has 0 atom stereocenters. The maximum absolute atomic E-state index is 11.8. The summed E-state index contributed by atoms with van der Waals surface area (Å²) in [7, 11) is 0. The normalized spacial score (nSPS) is 18.5. The van der Waals surface area contributed by atoms with Gasteiger partial charge in [-0.05, 0) is 12.8 Å². The number of amides is 1. The molecule has 1 heterocycles. The molecule has 0 saturated heterocycles. The molecule has 7 nitrogen and oxygen atoms in total. The van der Waals surface area contributed by atoms with Gasteiger partial charge in [0.25, 0.3) is 5.91 Å². The molecule has 3 N–H and O–H groups in total. The number of carbonyl (C=O) groups is 2. The number of carbonyl (C=O) groups excluding carboxylic acids is 1. The van der Waals surface area contributed by atoms with Crippen molar-refractivity contribution in [1.82, 2.24) is 20.5 Å². The first kappa shape index (κ1) is 13.5. The molecule has 1 aliphatic carbocycles. The highest BCUT2D eigenvalue weighted by atomic mass is 16.4. The minimum atomic E-state index is -0.841. The van der Waals surface area contributed by atoms with Crippen molar-refractivity contribution in [2.75, 3.05) is 6.54 Å². The Morgan fingerprint density at radius 2 is 2.00 bits per heavy atom. The van der Waals surface area contributed by atoms with Crippen molar-refractivity contribution >= 4 is 11.9 Å². The first-order valence-electron chi connectivity index (χ1n) is 6.51. The molecule has 1 aliphatic rings. The first-order chi connectivity index (χ1) is 9.14. The predicted octanol–water partition coefficient (Wildman–Crippen LogP) is 0.960. The van der Waals surface area contributed by atoms with Gasteiger partial charge in [0.1, 0.15) is 6.33 Å². The third-order valence-electron chi connectivity index (χ3n) is 3.73. The van der Waals surface area contributed by atoms with Gasteiger partial charge in [0.2, 0.25) is 5.82 Å². The molecule has 19 heavy (non-hydrogen) atoms. The van der Waals surface area contributed by atoms with Crippen molar-refractivity contribution in [2.24, 2.45) is 5.41 Å². The number of nitrogens with zero attached hydrogens (tertiary/aromatic N) is 2. The van der Waals surface area contributed by atoms with Crippen LogP contribution in [0.1, 0.15) is 49.1 Å². The van der Waals surface area contributed by atoms with E-state index in [1.54, 1.807) is 0 Å². The Kier molecular flexibility index (Phi) is 4.13. The molecule has 1 aromatic heterocycles. The fourth-order valence-corrected chi connectivity index (χ4v) is 2.52. The first-order valence-corrected chi connectivity index (χ1v) is 6.51. The molecule has 0 radical (unpaired) electrons. The summed E-state index contributed by atoms with van der Waals surface area (Å²) in [6.07, 6.45) is 6.37. The van der Waals surface area contributed by atoms with Crippen LogP contribution in [0.25, 0.3) is 0 Å². The van der Waals surface area contributed by atoms with Gasteiger partial charge in [0, 0.05) is 6.54 Å². The van der Waals surface area contributed by atoms with Crippen LogP contribution in [-0.2, 0) is 4.79 Å². The molecule has 0 spiro atoms. The van der Waals surface area contributed by atoms with E-state index in [2.05, 4.69) is 20.5 Å². The minimum absolute atomic E-state index is 0.106. The zero-order valence-electron chi connectivity index (χ0n) is 10.7. The number of hydrogen-bond donors (Lipinski definition) is 3. The molecule has 7 heteroatoms. The molecule has 0 unspecified atom stereocenters. The van der Waals surface area contributed by atoms with E-state index in [1.165, 1.54) is 6.33 Å². The van der Waals surface area contributed by atoms with Crippen LogP contribution in [-0.4, -0.2) is 38.7 Å². The van der Waals surface area contributed by atoms with Crippen LogP contribution < -0.4 is 5.32 Å². The Hall–Kier alpha value is -1.92. The smallest absolute Gasteiger partial charge is 0.311 e. The summed E-state index contributed by atoms with van der Waals surface area (Å²) in [6, 6.07) is 0. The van der Waals surface area contributed by atoms with Gasteiger partial charge in [-0.25, -0.2) is 4.98 Å².